The molecule has 1 heterocycles. The summed E-state index contributed by atoms with van der Waals surface area (Å²) in [6.45, 7) is -0.429. The maximum atomic E-state index is 12.5. The summed E-state index contributed by atoms with van der Waals surface area (Å²) in [7, 11) is 0. The molecule has 6 nitrogen and oxygen atoms in total. The van der Waals surface area contributed by atoms with Crippen molar-refractivity contribution in [2.75, 3.05) is 0 Å². The first kappa shape index (κ1) is 15.3. The van der Waals surface area contributed by atoms with Gasteiger partial charge >= 0.3 is 5.97 Å². The highest BCUT2D eigenvalue weighted by Gasteiger charge is 2.22. The molecule has 2 aromatic carbocycles. The molecular formula is C19H14N2O4. The average molecular weight is 334 g/mol. The van der Waals surface area contributed by atoms with Crippen LogP contribution in [0.25, 0.3) is 22.0 Å². The molecule has 0 atom stereocenters. The Morgan fingerprint density at radius 3 is 2.72 bits per heavy atom. The van der Waals surface area contributed by atoms with Gasteiger partial charge in [0.25, 0.3) is 5.56 Å². The smallest absolute Gasteiger partial charge is 0.323 e. The maximum absolute atomic E-state index is 12.5. The summed E-state index contributed by atoms with van der Waals surface area (Å²) in [6.07, 6.45) is 2.45. The molecule has 6 heteroatoms. The van der Waals surface area contributed by atoms with Crippen molar-refractivity contribution in [2.45, 2.75) is 19.4 Å². The Labute approximate surface area is 142 Å². The van der Waals surface area contributed by atoms with Crippen molar-refractivity contribution in [1.29, 1.82) is 0 Å². The molecule has 1 aromatic heterocycles. The van der Waals surface area contributed by atoms with E-state index in [2.05, 4.69) is 4.98 Å². The van der Waals surface area contributed by atoms with Crippen LogP contribution in [0.3, 0.4) is 0 Å². The lowest BCUT2D eigenvalue weighted by Gasteiger charge is -2.09. The number of nitrogens with zero attached hydrogens (tertiary/aromatic N) is 2. The quantitative estimate of drug-likeness (QED) is 0.794. The van der Waals surface area contributed by atoms with Crippen molar-refractivity contribution >= 4 is 22.7 Å². The normalized spacial score (nSPS) is 13.2. The molecule has 0 radical (unpaired) electrons. The van der Waals surface area contributed by atoms with E-state index in [1.165, 1.54) is 6.33 Å². The van der Waals surface area contributed by atoms with Crippen molar-refractivity contribution in [2.24, 2.45) is 0 Å². The number of Topliss-reactive ketones (excluding diaryl/α,β-unsaturated/α-hetero) is 1. The highest BCUT2D eigenvalue weighted by molar-refractivity contribution is 6.02. The fourth-order valence-electron chi connectivity index (χ4n) is 3.35. The Morgan fingerprint density at radius 2 is 1.92 bits per heavy atom. The molecule has 124 valence electrons. The fraction of sp³-hybridized carbons (Fsp3) is 0.158. The predicted octanol–water partition coefficient (Wildman–Crippen LogP) is 2.28. The molecule has 1 aliphatic carbocycles. The zero-order valence-electron chi connectivity index (χ0n) is 13.2. The van der Waals surface area contributed by atoms with Crippen LogP contribution in [0.4, 0.5) is 0 Å². The Balaban J connectivity index is 1.90. The maximum Gasteiger partial charge on any atom is 0.323 e. The van der Waals surface area contributed by atoms with Crippen LogP contribution < -0.4 is 5.56 Å². The fourth-order valence-corrected chi connectivity index (χ4v) is 3.35. The zero-order valence-corrected chi connectivity index (χ0v) is 13.2. The Kier molecular flexibility index (Phi) is 3.46. The van der Waals surface area contributed by atoms with Gasteiger partial charge in [0, 0.05) is 12.0 Å². The van der Waals surface area contributed by atoms with Gasteiger partial charge in [0.15, 0.2) is 5.78 Å². The van der Waals surface area contributed by atoms with Crippen molar-refractivity contribution in [3.8, 4) is 11.1 Å². The predicted molar refractivity (Wildman–Crippen MR) is 91.7 cm³/mol. The summed E-state index contributed by atoms with van der Waals surface area (Å²) in [5.74, 6) is -0.957. The van der Waals surface area contributed by atoms with Crippen molar-refractivity contribution < 1.29 is 14.7 Å². The van der Waals surface area contributed by atoms with Gasteiger partial charge in [-0.15, -0.1) is 0 Å². The van der Waals surface area contributed by atoms with E-state index in [1.54, 1.807) is 12.1 Å². The number of hydrogen-bond donors (Lipinski definition) is 1. The Hall–Kier alpha value is -3.28. The van der Waals surface area contributed by atoms with E-state index in [0.29, 0.717) is 23.7 Å². The number of carbonyl (C=O) groups is 2. The third-order valence-electron chi connectivity index (χ3n) is 4.52. The highest BCUT2D eigenvalue weighted by Crippen LogP contribution is 2.33. The van der Waals surface area contributed by atoms with Gasteiger partial charge in [0.1, 0.15) is 6.54 Å². The van der Waals surface area contributed by atoms with Crippen LogP contribution in [0.15, 0.2) is 47.5 Å². The topological polar surface area (TPSA) is 89.3 Å². The van der Waals surface area contributed by atoms with Crippen LogP contribution in [0.2, 0.25) is 0 Å². The lowest BCUT2D eigenvalue weighted by molar-refractivity contribution is -0.137. The lowest BCUT2D eigenvalue weighted by Crippen LogP contribution is -2.24. The number of ketones is 1. The molecule has 0 spiro atoms. The van der Waals surface area contributed by atoms with Crippen LogP contribution in [-0.2, 0) is 17.8 Å². The molecule has 0 unspecified atom stereocenters. The van der Waals surface area contributed by atoms with Crippen LogP contribution in [-0.4, -0.2) is 26.4 Å². The molecule has 4 rings (SSSR count). The third-order valence-corrected chi connectivity index (χ3v) is 4.52. The summed E-state index contributed by atoms with van der Waals surface area (Å²) < 4.78 is 1.08. The molecule has 1 aliphatic rings. The minimum atomic E-state index is -1.10. The monoisotopic (exact) mass is 334 g/mol. The van der Waals surface area contributed by atoms with Crippen molar-refractivity contribution in [1.82, 2.24) is 9.55 Å². The number of carboxylic acids is 1. The summed E-state index contributed by atoms with van der Waals surface area (Å²) in [4.78, 5) is 39.5. The molecule has 0 saturated carbocycles. The molecule has 0 amide bonds. The minimum absolute atomic E-state index is 0.142. The van der Waals surface area contributed by atoms with Crippen LogP contribution in [0.5, 0.6) is 0 Å². The standard InChI is InChI=1S/C19H14N2O4/c22-17-7-5-13-12(2-1-3-14(13)17)11-4-6-16-15(8-11)19(25)21(10-20-16)9-18(23)24/h1-4,6,8,10H,5,7,9H2,(H,23,24). The number of hydrogen-bond acceptors (Lipinski definition) is 4. The second-order valence-electron chi connectivity index (χ2n) is 6.06. The summed E-state index contributed by atoms with van der Waals surface area (Å²) in [5.41, 5.74) is 3.62. The lowest BCUT2D eigenvalue weighted by atomic mass is 9.96. The Bertz CT molecular complexity index is 1100. The number of rotatable bonds is 3. The number of aliphatic carboxylic acids is 1. The first-order chi connectivity index (χ1) is 12.0. The summed E-state index contributed by atoms with van der Waals surface area (Å²) in [5, 5.41) is 9.27. The van der Waals surface area contributed by atoms with Gasteiger partial charge in [-0.1, -0.05) is 24.3 Å². The number of benzene rings is 2. The van der Waals surface area contributed by atoms with Gasteiger partial charge < -0.3 is 5.11 Å². The van der Waals surface area contributed by atoms with E-state index >= 15 is 0 Å². The zero-order chi connectivity index (χ0) is 17.6. The molecular weight excluding hydrogens is 320 g/mol. The van der Waals surface area contributed by atoms with E-state index in [-0.39, 0.29) is 5.78 Å². The van der Waals surface area contributed by atoms with Gasteiger partial charge in [0.2, 0.25) is 0 Å². The Morgan fingerprint density at radius 1 is 1.12 bits per heavy atom. The van der Waals surface area contributed by atoms with Crippen molar-refractivity contribution in [3.63, 3.8) is 0 Å². The largest absolute Gasteiger partial charge is 0.480 e. The molecule has 25 heavy (non-hydrogen) atoms. The minimum Gasteiger partial charge on any atom is -0.480 e. The average Bonchev–Trinajstić information content (AvgIpc) is 2.98. The van der Waals surface area contributed by atoms with E-state index in [4.69, 9.17) is 5.11 Å². The first-order valence-corrected chi connectivity index (χ1v) is 7.91. The van der Waals surface area contributed by atoms with E-state index in [0.717, 1.165) is 26.8 Å². The molecule has 0 saturated heterocycles. The molecule has 0 bridgehead atoms. The second-order valence-corrected chi connectivity index (χ2v) is 6.06. The van der Waals surface area contributed by atoms with Gasteiger partial charge in [-0.05, 0) is 35.2 Å². The van der Waals surface area contributed by atoms with Crippen LogP contribution >= 0.6 is 0 Å². The van der Waals surface area contributed by atoms with E-state index in [9.17, 15) is 14.4 Å². The van der Waals surface area contributed by atoms with Crippen molar-refractivity contribution in [3.05, 3.63) is 64.2 Å². The molecule has 3 aromatic rings. The third kappa shape index (κ3) is 2.52. The number of carbonyl (C=O) groups excluding carboxylic acids is 1. The number of carboxylic acid groups (broad SMARTS) is 1. The van der Waals surface area contributed by atoms with Crippen LogP contribution in [0, 0.1) is 0 Å². The molecule has 0 fully saturated rings. The van der Waals surface area contributed by atoms with E-state index < -0.39 is 18.1 Å². The van der Waals surface area contributed by atoms with Gasteiger partial charge in [-0.3, -0.25) is 19.0 Å². The summed E-state index contributed by atoms with van der Waals surface area (Å²) >= 11 is 0. The first-order valence-electron chi connectivity index (χ1n) is 7.91. The number of fused-ring (bicyclic) bond motifs is 2. The van der Waals surface area contributed by atoms with Crippen LogP contribution in [0.1, 0.15) is 22.3 Å². The summed E-state index contributed by atoms with van der Waals surface area (Å²) in [6, 6.07) is 10.9. The van der Waals surface area contributed by atoms with Gasteiger partial charge in [0.05, 0.1) is 17.2 Å². The second kappa shape index (κ2) is 5.66. The molecule has 0 aliphatic heterocycles. The van der Waals surface area contributed by atoms with Gasteiger partial charge in [-0.25, -0.2) is 4.98 Å². The SMILES string of the molecule is O=C(O)Cn1cnc2ccc(-c3cccc4c3CCC4=O)cc2c1=O. The van der Waals surface area contributed by atoms with Gasteiger partial charge in [-0.2, -0.15) is 0 Å². The molecule has 1 N–H and O–H groups in total. The number of aromatic nitrogens is 2. The van der Waals surface area contributed by atoms with E-state index in [1.807, 2.05) is 24.3 Å². The highest BCUT2D eigenvalue weighted by atomic mass is 16.4.